The molecule has 94 valence electrons. The van der Waals surface area contributed by atoms with Crippen LogP contribution in [-0.4, -0.2) is 42.1 Å². The third-order valence-electron chi connectivity index (χ3n) is 2.54. The highest BCUT2D eigenvalue weighted by Gasteiger charge is 2.21. The summed E-state index contributed by atoms with van der Waals surface area (Å²) in [5, 5.41) is 0.376. The van der Waals surface area contributed by atoms with Crippen molar-refractivity contribution in [2.75, 3.05) is 20.3 Å². The van der Waals surface area contributed by atoms with Crippen LogP contribution in [0, 0.1) is 0 Å². The van der Waals surface area contributed by atoms with Crippen molar-refractivity contribution in [2.24, 2.45) is 0 Å². The third kappa shape index (κ3) is 3.41. The molecule has 1 heterocycles. The van der Waals surface area contributed by atoms with Crippen molar-refractivity contribution in [3.8, 4) is 0 Å². The predicted molar refractivity (Wildman–Crippen MR) is 67.3 cm³/mol. The zero-order valence-electron chi connectivity index (χ0n) is 10.3. The van der Waals surface area contributed by atoms with Crippen LogP contribution in [0.1, 0.15) is 24.2 Å². The largest absolute Gasteiger partial charge is 0.383 e. The summed E-state index contributed by atoms with van der Waals surface area (Å²) >= 11 is 5.96. The van der Waals surface area contributed by atoms with Gasteiger partial charge in [-0.1, -0.05) is 11.6 Å². The van der Waals surface area contributed by atoms with Crippen LogP contribution in [0.4, 0.5) is 0 Å². The molecule has 1 atom stereocenters. The molecule has 4 nitrogen and oxygen atoms in total. The SMILES string of the molecule is CCN(C(=O)c1ccncc1Cl)C(C)COC. The highest BCUT2D eigenvalue weighted by molar-refractivity contribution is 6.33. The summed E-state index contributed by atoms with van der Waals surface area (Å²) in [6.45, 7) is 4.99. The standard InChI is InChI=1S/C12H17ClN2O2/c1-4-15(9(2)8-17-3)12(16)10-5-6-14-7-11(10)13/h5-7,9H,4,8H2,1-3H3. The maximum absolute atomic E-state index is 12.3. The van der Waals surface area contributed by atoms with Crippen LogP contribution >= 0.6 is 11.6 Å². The van der Waals surface area contributed by atoms with E-state index in [2.05, 4.69) is 4.98 Å². The van der Waals surface area contributed by atoms with Crippen molar-refractivity contribution >= 4 is 17.5 Å². The zero-order valence-corrected chi connectivity index (χ0v) is 11.1. The highest BCUT2D eigenvalue weighted by Crippen LogP contribution is 2.17. The van der Waals surface area contributed by atoms with Gasteiger partial charge < -0.3 is 9.64 Å². The number of carbonyl (C=O) groups is 1. The number of ether oxygens (including phenoxy) is 1. The van der Waals surface area contributed by atoms with Crippen molar-refractivity contribution in [1.29, 1.82) is 0 Å². The molecule has 0 spiro atoms. The first-order valence-corrected chi connectivity index (χ1v) is 5.89. The van der Waals surface area contributed by atoms with Gasteiger partial charge in [-0.2, -0.15) is 0 Å². The number of carbonyl (C=O) groups excluding carboxylic acids is 1. The molecule has 0 aliphatic rings. The van der Waals surface area contributed by atoms with Gasteiger partial charge in [0, 0.05) is 26.0 Å². The van der Waals surface area contributed by atoms with Crippen LogP contribution in [-0.2, 0) is 4.74 Å². The van der Waals surface area contributed by atoms with Crippen molar-refractivity contribution in [1.82, 2.24) is 9.88 Å². The lowest BCUT2D eigenvalue weighted by Crippen LogP contribution is -2.41. The number of methoxy groups -OCH3 is 1. The molecule has 0 radical (unpaired) electrons. The summed E-state index contributed by atoms with van der Waals surface area (Å²) in [4.78, 5) is 17.9. The van der Waals surface area contributed by atoms with Gasteiger partial charge in [-0.05, 0) is 19.9 Å². The smallest absolute Gasteiger partial charge is 0.255 e. The normalized spacial score (nSPS) is 12.2. The molecular formula is C12H17ClN2O2. The van der Waals surface area contributed by atoms with Crippen LogP contribution in [0.2, 0.25) is 5.02 Å². The molecule has 1 rings (SSSR count). The second-order valence-electron chi connectivity index (χ2n) is 3.75. The fourth-order valence-electron chi connectivity index (χ4n) is 1.69. The van der Waals surface area contributed by atoms with E-state index in [1.54, 1.807) is 24.3 Å². The van der Waals surface area contributed by atoms with Crippen molar-refractivity contribution in [3.05, 3.63) is 29.0 Å². The van der Waals surface area contributed by atoms with Gasteiger partial charge in [0.15, 0.2) is 0 Å². The summed E-state index contributed by atoms with van der Waals surface area (Å²) in [5.74, 6) is -0.0931. The van der Waals surface area contributed by atoms with E-state index in [1.807, 2.05) is 13.8 Å². The summed E-state index contributed by atoms with van der Waals surface area (Å²) in [6.07, 6.45) is 3.04. The topological polar surface area (TPSA) is 42.4 Å². The van der Waals surface area contributed by atoms with Crippen LogP contribution in [0.25, 0.3) is 0 Å². The maximum Gasteiger partial charge on any atom is 0.255 e. The average molecular weight is 257 g/mol. The lowest BCUT2D eigenvalue weighted by Gasteiger charge is -2.27. The summed E-state index contributed by atoms with van der Waals surface area (Å²) in [7, 11) is 1.62. The van der Waals surface area contributed by atoms with E-state index >= 15 is 0 Å². The van der Waals surface area contributed by atoms with Gasteiger partial charge in [-0.15, -0.1) is 0 Å². The van der Waals surface area contributed by atoms with E-state index < -0.39 is 0 Å². The molecule has 1 aromatic rings. The minimum absolute atomic E-state index is 0.0155. The maximum atomic E-state index is 12.3. The molecule has 5 heteroatoms. The number of amides is 1. The number of hydrogen-bond acceptors (Lipinski definition) is 3. The number of nitrogens with zero attached hydrogens (tertiary/aromatic N) is 2. The number of hydrogen-bond donors (Lipinski definition) is 0. The molecular weight excluding hydrogens is 240 g/mol. The summed E-state index contributed by atoms with van der Waals surface area (Å²) in [5.41, 5.74) is 0.478. The molecule has 17 heavy (non-hydrogen) atoms. The first-order chi connectivity index (χ1) is 8.11. The van der Waals surface area contributed by atoms with Crippen molar-refractivity contribution in [2.45, 2.75) is 19.9 Å². The molecule has 0 aromatic carbocycles. The quantitative estimate of drug-likeness (QED) is 0.811. The van der Waals surface area contributed by atoms with Gasteiger partial charge in [0.1, 0.15) is 0 Å². The first kappa shape index (κ1) is 13.9. The Kier molecular flexibility index (Phi) is 5.38. The Labute approximate surface area is 107 Å². The Morgan fingerprint density at radius 1 is 1.65 bits per heavy atom. The fourth-order valence-corrected chi connectivity index (χ4v) is 1.89. The van der Waals surface area contributed by atoms with E-state index in [0.717, 1.165) is 0 Å². The second-order valence-corrected chi connectivity index (χ2v) is 4.16. The van der Waals surface area contributed by atoms with E-state index in [0.29, 0.717) is 23.7 Å². The van der Waals surface area contributed by atoms with E-state index in [9.17, 15) is 4.79 Å². The van der Waals surface area contributed by atoms with Gasteiger partial charge in [-0.25, -0.2) is 0 Å². The Bertz CT molecular complexity index is 385. The molecule has 1 amide bonds. The van der Waals surface area contributed by atoms with Crippen molar-refractivity contribution in [3.63, 3.8) is 0 Å². The van der Waals surface area contributed by atoms with E-state index in [4.69, 9.17) is 16.3 Å². The van der Waals surface area contributed by atoms with Crippen LogP contribution < -0.4 is 0 Å². The molecule has 0 saturated carbocycles. The number of likely N-dealkylation sites (N-methyl/N-ethyl adjacent to an activating group) is 1. The minimum Gasteiger partial charge on any atom is -0.383 e. The van der Waals surface area contributed by atoms with Gasteiger partial charge in [0.05, 0.1) is 23.2 Å². The monoisotopic (exact) mass is 256 g/mol. The summed E-state index contributed by atoms with van der Waals surface area (Å²) < 4.78 is 5.06. The van der Waals surface area contributed by atoms with Gasteiger partial charge in [0.25, 0.3) is 5.91 Å². The van der Waals surface area contributed by atoms with E-state index in [-0.39, 0.29) is 11.9 Å². The average Bonchev–Trinajstić information content (AvgIpc) is 2.30. The number of pyridine rings is 1. The molecule has 0 bridgehead atoms. The first-order valence-electron chi connectivity index (χ1n) is 5.51. The van der Waals surface area contributed by atoms with Gasteiger partial charge in [0.2, 0.25) is 0 Å². The molecule has 0 fully saturated rings. The molecule has 1 unspecified atom stereocenters. The molecule has 0 aliphatic carbocycles. The molecule has 1 aromatic heterocycles. The lowest BCUT2D eigenvalue weighted by atomic mass is 10.2. The fraction of sp³-hybridized carbons (Fsp3) is 0.500. The Balaban J connectivity index is 2.90. The zero-order chi connectivity index (χ0) is 12.8. The van der Waals surface area contributed by atoms with Gasteiger partial charge >= 0.3 is 0 Å². The second kappa shape index (κ2) is 6.57. The number of aromatic nitrogens is 1. The molecule has 0 N–H and O–H groups in total. The van der Waals surface area contributed by atoms with Gasteiger partial charge in [-0.3, -0.25) is 9.78 Å². The third-order valence-corrected chi connectivity index (χ3v) is 2.85. The molecule has 0 aliphatic heterocycles. The number of rotatable bonds is 5. The predicted octanol–water partition coefficient (Wildman–Crippen LogP) is 2.23. The Morgan fingerprint density at radius 3 is 2.88 bits per heavy atom. The molecule has 0 saturated heterocycles. The van der Waals surface area contributed by atoms with Crippen LogP contribution in [0.3, 0.4) is 0 Å². The lowest BCUT2D eigenvalue weighted by molar-refractivity contribution is 0.0579. The Hall–Kier alpha value is -1.13. The van der Waals surface area contributed by atoms with Crippen molar-refractivity contribution < 1.29 is 9.53 Å². The van der Waals surface area contributed by atoms with E-state index in [1.165, 1.54) is 6.20 Å². The number of halogens is 1. The van der Waals surface area contributed by atoms with Crippen LogP contribution in [0.5, 0.6) is 0 Å². The Morgan fingerprint density at radius 2 is 2.35 bits per heavy atom. The summed E-state index contributed by atoms with van der Waals surface area (Å²) in [6, 6.07) is 1.65. The highest BCUT2D eigenvalue weighted by atomic mass is 35.5. The van der Waals surface area contributed by atoms with Crippen LogP contribution in [0.15, 0.2) is 18.5 Å². The minimum atomic E-state index is -0.0931.